The molecule has 1 aromatic carbocycles. The minimum absolute atomic E-state index is 0.432. The second kappa shape index (κ2) is 10.1. The summed E-state index contributed by atoms with van der Waals surface area (Å²) < 4.78 is 16.2. The van der Waals surface area contributed by atoms with Gasteiger partial charge in [-0.1, -0.05) is 6.07 Å². The SMILES string of the molecule is CCNC(=NCc1ccc(OC)c(OC)c1OC)NCc1ccccn1. The van der Waals surface area contributed by atoms with Crippen LogP contribution in [-0.4, -0.2) is 38.8 Å². The van der Waals surface area contributed by atoms with Crippen LogP contribution in [0.15, 0.2) is 41.5 Å². The van der Waals surface area contributed by atoms with E-state index in [-0.39, 0.29) is 0 Å². The highest BCUT2D eigenvalue weighted by Crippen LogP contribution is 2.39. The van der Waals surface area contributed by atoms with Crippen LogP contribution in [0.4, 0.5) is 0 Å². The van der Waals surface area contributed by atoms with Crippen molar-refractivity contribution < 1.29 is 14.2 Å². The molecule has 1 heterocycles. The minimum atomic E-state index is 0.432. The van der Waals surface area contributed by atoms with Crippen molar-refractivity contribution in [3.63, 3.8) is 0 Å². The number of hydrogen-bond acceptors (Lipinski definition) is 5. The number of rotatable bonds is 8. The maximum absolute atomic E-state index is 5.51. The van der Waals surface area contributed by atoms with E-state index in [1.807, 2.05) is 37.3 Å². The van der Waals surface area contributed by atoms with E-state index >= 15 is 0 Å². The molecule has 0 radical (unpaired) electrons. The molecule has 0 bridgehead atoms. The van der Waals surface area contributed by atoms with E-state index in [1.165, 1.54) is 0 Å². The van der Waals surface area contributed by atoms with Gasteiger partial charge in [-0.05, 0) is 31.2 Å². The van der Waals surface area contributed by atoms with Gasteiger partial charge in [0.15, 0.2) is 17.5 Å². The predicted octanol–water partition coefficient (Wildman–Crippen LogP) is 2.36. The van der Waals surface area contributed by atoms with E-state index in [0.717, 1.165) is 17.8 Å². The van der Waals surface area contributed by atoms with Gasteiger partial charge in [0.1, 0.15) is 0 Å². The fourth-order valence-electron chi connectivity index (χ4n) is 2.47. The molecule has 2 N–H and O–H groups in total. The van der Waals surface area contributed by atoms with Gasteiger partial charge in [0.25, 0.3) is 0 Å². The highest BCUT2D eigenvalue weighted by Gasteiger charge is 2.15. The summed E-state index contributed by atoms with van der Waals surface area (Å²) in [5.41, 5.74) is 1.85. The molecule has 0 fully saturated rings. The summed E-state index contributed by atoms with van der Waals surface area (Å²) in [5.74, 6) is 2.51. The number of aliphatic imine (C=N–C) groups is 1. The number of nitrogens with zero attached hydrogens (tertiary/aromatic N) is 2. The van der Waals surface area contributed by atoms with Crippen molar-refractivity contribution in [2.24, 2.45) is 4.99 Å². The normalized spacial score (nSPS) is 11.0. The predicted molar refractivity (Wildman–Crippen MR) is 102 cm³/mol. The summed E-state index contributed by atoms with van der Waals surface area (Å²) in [6, 6.07) is 9.59. The number of benzene rings is 1. The molecule has 0 amide bonds. The summed E-state index contributed by atoms with van der Waals surface area (Å²) in [6.45, 7) is 3.81. The molecule has 0 aliphatic rings. The highest BCUT2D eigenvalue weighted by atomic mass is 16.5. The van der Waals surface area contributed by atoms with Gasteiger partial charge in [0.2, 0.25) is 5.75 Å². The smallest absolute Gasteiger partial charge is 0.203 e. The molecule has 0 atom stereocenters. The lowest BCUT2D eigenvalue weighted by Gasteiger charge is -2.15. The molecule has 1 aromatic heterocycles. The molecule has 0 spiro atoms. The number of pyridine rings is 1. The van der Waals surface area contributed by atoms with Crippen LogP contribution in [0.3, 0.4) is 0 Å². The fourth-order valence-corrected chi connectivity index (χ4v) is 2.47. The van der Waals surface area contributed by atoms with Crippen LogP contribution in [0.1, 0.15) is 18.2 Å². The number of methoxy groups -OCH3 is 3. The highest BCUT2D eigenvalue weighted by molar-refractivity contribution is 5.79. The lowest BCUT2D eigenvalue weighted by molar-refractivity contribution is 0.322. The third-order valence-corrected chi connectivity index (χ3v) is 3.70. The minimum Gasteiger partial charge on any atom is -0.493 e. The Balaban J connectivity index is 2.15. The zero-order valence-corrected chi connectivity index (χ0v) is 15.7. The Labute approximate surface area is 154 Å². The zero-order chi connectivity index (χ0) is 18.8. The molecule has 0 aliphatic heterocycles. The van der Waals surface area contributed by atoms with E-state index in [2.05, 4.69) is 20.6 Å². The van der Waals surface area contributed by atoms with E-state index in [4.69, 9.17) is 14.2 Å². The lowest BCUT2D eigenvalue weighted by Crippen LogP contribution is -2.37. The quantitative estimate of drug-likeness (QED) is 0.557. The molecule has 26 heavy (non-hydrogen) atoms. The van der Waals surface area contributed by atoms with Crippen LogP contribution in [0, 0.1) is 0 Å². The van der Waals surface area contributed by atoms with Gasteiger partial charge in [-0.15, -0.1) is 0 Å². The molecule has 0 unspecified atom stereocenters. The Morgan fingerprint density at radius 1 is 1.00 bits per heavy atom. The summed E-state index contributed by atoms with van der Waals surface area (Å²) in [5, 5.41) is 6.50. The summed E-state index contributed by atoms with van der Waals surface area (Å²) >= 11 is 0. The van der Waals surface area contributed by atoms with Crippen molar-refractivity contribution in [1.82, 2.24) is 15.6 Å². The Hall–Kier alpha value is -2.96. The van der Waals surface area contributed by atoms with Crippen molar-refractivity contribution in [3.05, 3.63) is 47.8 Å². The lowest BCUT2D eigenvalue weighted by atomic mass is 10.1. The monoisotopic (exact) mass is 358 g/mol. The van der Waals surface area contributed by atoms with Gasteiger partial charge in [-0.3, -0.25) is 4.98 Å². The standard InChI is InChI=1S/C19H26N4O3/c1-5-20-19(23-13-15-8-6-7-11-21-15)22-12-14-9-10-16(24-2)18(26-4)17(14)25-3/h6-11H,5,12-13H2,1-4H3,(H2,20,22,23). The number of hydrogen-bond donors (Lipinski definition) is 2. The number of aromatic nitrogens is 1. The number of guanidine groups is 1. The van der Waals surface area contributed by atoms with Gasteiger partial charge >= 0.3 is 0 Å². The second-order valence-corrected chi connectivity index (χ2v) is 5.36. The average Bonchev–Trinajstić information content (AvgIpc) is 2.69. The topological polar surface area (TPSA) is 77.0 Å². The molecular formula is C19H26N4O3. The number of nitrogens with one attached hydrogen (secondary N) is 2. The summed E-state index contributed by atoms with van der Waals surface area (Å²) in [4.78, 5) is 8.93. The van der Waals surface area contributed by atoms with Crippen molar-refractivity contribution in [3.8, 4) is 17.2 Å². The number of ether oxygens (including phenoxy) is 3. The van der Waals surface area contributed by atoms with Crippen LogP contribution in [0.5, 0.6) is 17.2 Å². The third-order valence-electron chi connectivity index (χ3n) is 3.70. The maximum Gasteiger partial charge on any atom is 0.203 e. The first kappa shape index (κ1) is 19.4. The van der Waals surface area contributed by atoms with Gasteiger partial charge < -0.3 is 24.8 Å². The van der Waals surface area contributed by atoms with Crippen molar-refractivity contribution in [2.45, 2.75) is 20.0 Å². The molecule has 7 nitrogen and oxygen atoms in total. The Morgan fingerprint density at radius 3 is 2.42 bits per heavy atom. The van der Waals surface area contributed by atoms with Gasteiger partial charge in [-0.2, -0.15) is 0 Å². The molecule has 0 aliphatic carbocycles. The van der Waals surface area contributed by atoms with Crippen LogP contribution >= 0.6 is 0 Å². The van der Waals surface area contributed by atoms with Crippen LogP contribution in [-0.2, 0) is 13.1 Å². The molecule has 2 rings (SSSR count). The van der Waals surface area contributed by atoms with Gasteiger partial charge in [0, 0.05) is 18.3 Å². The average molecular weight is 358 g/mol. The molecule has 2 aromatic rings. The zero-order valence-electron chi connectivity index (χ0n) is 15.7. The largest absolute Gasteiger partial charge is 0.493 e. The van der Waals surface area contributed by atoms with Crippen molar-refractivity contribution in [2.75, 3.05) is 27.9 Å². The fraction of sp³-hybridized carbons (Fsp3) is 0.368. The first-order valence-corrected chi connectivity index (χ1v) is 8.43. The van der Waals surface area contributed by atoms with E-state index in [9.17, 15) is 0 Å². The van der Waals surface area contributed by atoms with Gasteiger partial charge in [-0.25, -0.2) is 4.99 Å². The molecule has 0 saturated carbocycles. The molecule has 7 heteroatoms. The molecule has 0 saturated heterocycles. The van der Waals surface area contributed by atoms with Gasteiger partial charge in [0.05, 0.1) is 40.1 Å². The molecule has 140 valence electrons. The second-order valence-electron chi connectivity index (χ2n) is 5.36. The van der Waals surface area contributed by atoms with Crippen LogP contribution in [0.2, 0.25) is 0 Å². The third kappa shape index (κ3) is 5.02. The summed E-state index contributed by atoms with van der Waals surface area (Å²) in [6.07, 6.45) is 1.77. The van der Waals surface area contributed by atoms with Crippen LogP contribution < -0.4 is 24.8 Å². The first-order valence-electron chi connectivity index (χ1n) is 8.43. The summed E-state index contributed by atoms with van der Waals surface area (Å²) in [7, 11) is 4.79. The van der Waals surface area contributed by atoms with E-state index in [1.54, 1.807) is 27.5 Å². The Kier molecular flexibility index (Phi) is 7.54. The van der Waals surface area contributed by atoms with Crippen molar-refractivity contribution in [1.29, 1.82) is 0 Å². The van der Waals surface area contributed by atoms with Crippen molar-refractivity contribution >= 4 is 5.96 Å². The maximum atomic E-state index is 5.51. The Morgan fingerprint density at radius 2 is 1.81 bits per heavy atom. The molecular weight excluding hydrogens is 332 g/mol. The van der Waals surface area contributed by atoms with E-state index < -0.39 is 0 Å². The first-order chi connectivity index (χ1) is 12.7. The van der Waals surface area contributed by atoms with E-state index in [0.29, 0.717) is 36.3 Å². The Bertz CT molecular complexity index is 720. The van der Waals surface area contributed by atoms with Crippen LogP contribution in [0.25, 0.3) is 0 Å².